The lowest BCUT2D eigenvalue weighted by molar-refractivity contribution is -0.137. The van der Waals surface area contributed by atoms with E-state index in [1.807, 2.05) is 30.3 Å². The van der Waals surface area contributed by atoms with Gasteiger partial charge in [0, 0.05) is 37.9 Å². The predicted molar refractivity (Wildman–Crippen MR) is 106 cm³/mol. The highest BCUT2D eigenvalue weighted by Gasteiger charge is 2.36. The molecule has 1 aromatic carbocycles. The van der Waals surface area contributed by atoms with Gasteiger partial charge in [-0.3, -0.25) is 4.79 Å². The number of hydrogen-bond acceptors (Lipinski definition) is 4. The van der Waals surface area contributed by atoms with Crippen LogP contribution in [0.25, 0.3) is 11.3 Å². The Morgan fingerprint density at radius 1 is 1.03 bits per heavy atom. The number of aryl methyl sites for hydroxylation is 1. The Morgan fingerprint density at radius 2 is 1.73 bits per heavy atom. The highest BCUT2D eigenvalue weighted by Crippen LogP contribution is 2.35. The lowest BCUT2D eigenvalue weighted by Crippen LogP contribution is -2.49. The van der Waals surface area contributed by atoms with Gasteiger partial charge in [0.15, 0.2) is 0 Å². The molecule has 5 nitrogen and oxygen atoms in total. The van der Waals surface area contributed by atoms with Gasteiger partial charge in [-0.25, -0.2) is 4.98 Å². The van der Waals surface area contributed by atoms with Gasteiger partial charge in [0.25, 0.3) is 5.91 Å². The molecule has 156 valence electrons. The molecule has 0 saturated carbocycles. The van der Waals surface area contributed by atoms with E-state index < -0.39 is 11.7 Å². The van der Waals surface area contributed by atoms with E-state index in [0.29, 0.717) is 30.2 Å². The van der Waals surface area contributed by atoms with Crippen LogP contribution in [0.1, 0.15) is 21.7 Å². The number of alkyl halides is 3. The molecule has 3 aromatic rings. The molecule has 1 saturated heterocycles. The van der Waals surface area contributed by atoms with Gasteiger partial charge in [-0.05, 0) is 25.1 Å². The van der Waals surface area contributed by atoms with Crippen LogP contribution >= 0.6 is 0 Å². The maximum absolute atomic E-state index is 13.3. The molecule has 0 radical (unpaired) electrons. The normalized spacial score (nSPS) is 14.8. The SMILES string of the molecule is Cc1oc(-c2ccccc2)cc1C(=O)N1CCN(c2ncccc2C(F)(F)F)CC1. The van der Waals surface area contributed by atoms with Crippen molar-refractivity contribution in [1.82, 2.24) is 9.88 Å². The summed E-state index contributed by atoms with van der Waals surface area (Å²) in [5.41, 5.74) is 0.582. The number of halogens is 3. The Bertz CT molecular complexity index is 1040. The third-order valence-electron chi connectivity index (χ3n) is 5.16. The summed E-state index contributed by atoms with van der Waals surface area (Å²) >= 11 is 0. The van der Waals surface area contributed by atoms with E-state index in [-0.39, 0.29) is 24.8 Å². The molecule has 30 heavy (non-hydrogen) atoms. The molecule has 0 N–H and O–H groups in total. The van der Waals surface area contributed by atoms with Crippen molar-refractivity contribution < 1.29 is 22.4 Å². The van der Waals surface area contributed by atoms with E-state index in [1.54, 1.807) is 22.8 Å². The highest BCUT2D eigenvalue weighted by atomic mass is 19.4. The molecule has 1 aliphatic rings. The van der Waals surface area contributed by atoms with Gasteiger partial charge in [-0.1, -0.05) is 30.3 Å². The van der Waals surface area contributed by atoms with Crippen LogP contribution in [-0.4, -0.2) is 42.0 Å². The summed E-state index contributed by atoms with van der Waals surface area (Å²) < 4.78 is 45.6. The number of rotatable bonds is 3. The number of nitrogens with zero attached hydrogens (tertiary/aromatic N) is 3. The molecule has 1 fully saturated rings. The highest BCUT2D eigenvalue weighted by molar-refractivity contribution is 5.96. The predicted octanol–water partition coefficient (Wildman–Crippen LogP) is 4.63. The number of carbonyl (C=O) groups is 1. The molecule has 4 rings (SSSR count). The molecule has 0 atom stereocenters. The standard InChI is InChI=1S/C22H20F3N3O2/c1-15-17(14-19(30-15)16-6-3-2-4-7-16)21(29)28-12-10-27(11-13-28)20-18(22(23,24)25)8-5-9-26-20/h2-9,14H,10-13H2,1H3. The van der Waals surface area contributed by atoms with Gasteiger partial charge in [-0.15, -0.1) is 0 Å². The van der Waals surface area contributed by atoms with Crippen molar-refractivity contribution in [1.29, 1.82) is 0 Å². The Kier molecular flexibility index (Phi) is 5.24. The Balaban J connectivity index is 1.48. The third-order valence-corrected chi connectivity index (χ3v) is 5.16. The molecular weight excluding hydrogens is 395 g/mol. The third kappa shape index (κ3) is 3.90. The summed E-state index contributed by atoms with van der Waals surface area (Å²) in [6.07, 6.45) is -3.12. The van der Waals surface area contributed by atoms with E-state index in [4.69, 9.17) is 4.42 Å². The molecule has 1 aliphatic heterocycles. The topological polar surface area (TPSA) is 49.6 Å². The second-order valence-electron chi connectivity index (χ2n) is 7.10. The maximum atomic E-state index is 13.3. The number of anilines is 1. The van der Waals surface area contributed by atoms with Crippen molar-refractivity contribution in [2.45, 2.75) is 13.1 Å². The number of aromatic nitrogens is 1. The number of benzene rings is 1. The Morgan fingerprint density at radius 3 is 2.40 bits per heavy atom. The summed E-state index contributed by atoms with van der Waals surface area (Å²) in [6.45, 7) is 2.89. The van der Waals surface area contributed by atoms with Gasteiger partial charge < -0.3 is 14.2 Å². The van der Waals surface area contributed by atoms with E-state index in [0.717, 1.165) is 11.6 Å². The van der Waals surface area contributed by atoms with Crippen molar-refractivity contribution in [3.05, 3.63) is 71.6 Å². The number of pyridine rings is 1. The minimum absolute atomic E-state index is 0.0945. The van der Waals surface area contributed by atoms with Gasteiger partial charge in [0.05, 0.1) is 11.1 Å². The van der Waals surface area contributed by atoms with Crippen LogP contribution in [-0.2, 0) is 6.18 Å². The summed E-state index contributed by atoms with van der Waals surface area (Å²) in [6, 6.07) is 13.5. The van der Waals surface area contributed by atoms with Crippen LogP contribution in [0.4, 0.5) is 19.0 Å². The number of piperazine rings is 1. The largest absolute Gasteiger partial charge is 0.461 e. The van der Waals surface area contributed by atoms with E-state index in [1.165, 1.54) is 12.3 Å². The second kappa shape index (κ2) is 7.85. The zero-order valence-corrected chi connectivity index (χ0v) is 16.3. The van der Waals surface area contributed by atoms with E-state index in [9.17, 15) is 18.0 Å². The van der Waals surface area contributed by atoms with Gasteiger partial charge >= 0.3 is 6.18 Å². The monoisotopic (exact) mass is 415 g/mol. The fourth-order valence-electron chi connectivity index (χ4n) is 3.60. The smallest absolute Gasteiger partial charge is 0.419 e. The minimum Gasteiger partial charge on any atom is -0.461 e. The molecule has 2 aromatic heterocycles. The van der Waals surface area contributed by atoms with Crippen LogP contribution in [0, 0.1) is 6.92 Å². The van der Waals surface area contributed by atoms with E-state index >= 15 is 0 Å². The van der Waals surface area contributed by atoms with Crippen molar-refractivity contribution in [3.63, 3.8) is 0 Å². The van der Waals surface area contributed by atoms with E-state index in [2.05, 4.69) is 4.98 Å². The molecule has 0 unspecified atom stereocenters. The lowest BCUT2D eigenvalue weighted by Gasteiger charge is -2.36. The first-order valence-electron chi connectivity index (χ1n) is 9.57. The fraction of sp³-hybridized carbons (Fsp3) is 0.273. The van der Waals surface area contributed by atoms with Crippen molar-refractivity contribution >= 4 is 11.7 Å². The van der Waals surface area contributed by atoms with Gasteiger partial charge in [0.1, 0.15) is 17.3 Å². The average molecular weight is 415 g/mol. The lowest BCUT2D eigenvalue weighted by atomic mass is 10.1. The first-order valence-corrected chi connectivity index (χ1v) is 9.57. The van der Waals surface area contributed by atoms with Crippen LogP contribution in [0.2, 0.25) is 0 Å². The molecule has 0 aliphatic carbocycles. The van der Waals surface area contributed by atoms with Crippen molar-refractivity contribution in [2.24, 2.45) is 0 Å². The number of carbonyl (C=O) groups excluding carboxylic acids is 1. The molecular formula is C22H20F3N3O2. The molecule has 0 spiro atoms. The van der Waals surface area contributed by atoms with Crippen LogP contribution in [0.3, 0.4) is 0 Å². The second-order valence-corrected chi connectivity index (χ2v) is 7.10. The van der Waals surface area contributed by atoms with Crippen LogP contribution in [0.15, 0.2) is 59.1 Å². The van der Waals surface area contributed by atoms with Gasteiger partial charge in [0.2, 0.25) is 0 Å². The first-order chi connectivity index (χ1) is 14.3. The minimum atomic E-state index is -4.47. The molecule has 0 bridgehead atoms. The van der Waals surface area contributed by atoms with Crippen LogP contribution in [0.5, 0.6) is 0 Å². The van der Waals surface area contributed by atoms with Crippen molar-refractivity contribution in [3.8, 4) is 11.3 Å². The Hall–Kier alpha value is -3.29. The zero-order chi connectivity index (χ0) is 21.3. The quantitative estimate of drug-likeness (QED) is 0.626. The Labute approximate surface area is 171 Å². The molecule has 1 amide bonds. The number of amides is 1. The maximum Gasteiger partial charge on any atom is 0.419 e. The summed E-state index contributed by atoms with van der Waals surface area (Å²) in [5.74, 6) is 0.849. The average Bonchev–Trinajstić information content (AvgIpc) is 3.15. The summed E-state index contributed by atoms with van der Waals surface area (Å²) in [7, 11) is 0. The summed E-state index contributed by atoms with van der Waals surface area (Å²) in [5, 5.41) is 0. The molecule has 8 heteroatoms. The number of furan rings is 1. The summed E-state index contributed by atoms with van der Waals surface area (Å²) in [4.78, 5) is 20.1. The first kappa shape index (κ1) is 20.0. The fourth-order valence-corrected chi connectivity index (χ4v) is 3.60. The number of hydrogen-bond donors (Lipinski definition) is 0. The van der Waals surface area contributed by atoms with Gasteiger partial charge in [-0.2, -0.15) is 13.2 Å². The van der Waals surface area contributed by atoms with Crippen LogP contribution < -0.4 is 4.90 Å². The van der Waals surface area contributed by atoms with Crippen molar-refractivity contribution in [2.75, 3.05) is 31.1 Å². The zero-order valence-electron chi connectivity index (χ0n) is 16.3. The molecule has 3 heterocycles.